The van der Waals surface area contributed by atoms with Gasteiger partial charge in [0.25, 0.3) is 0 Å². The fourth-order valence-electron chi connectivity index (χ4n) is 2.26. The summed E-state index contributed by atoms with van der Waals surface area (Å²) in [5.74, 6) is -1.73. The van der Waals surface area contributed by atoms with Crippen molar-refractivity contribution in [3.8, 4) is 0 Å². The molecule has 0 unspecified atom stereocenters. The molecular weight excluding hydrogens is 287 g/mol. The van der Waals surface area contributed by atoms with Crippen molar-refractivity contribution in [2.75, 3.05) is 0 Å². The maximum absolute atomic E-state index is 13.0. The van der Waals surface area contributed by atoms with E-state index < -0.39 is 17.1 Å². The van der Waals surface area contributed by atoms with E-state index in [9.17, 15) is 14.0 Å². The highest BCUT2D eigenvalue weighted by Gasteiger charge is 2.16. The third kappa shape index (κ3) is 2.46. The van der Waals surface area contributed by atoms with Crippen LogP contribution < -0.4 is 5.43 Å². The predicted molar refractivity (Wildman–Crippen MR) is 78.5 cm³/mol. The van der Waals surface area contributed by atoms with E-state index in [1.807, 2.05) is 0 Å². The van der Waals surface area contributed by atoms with E-state index in [0.29, 0.717) is 5.52 Å². The van der Waals surface area contributed by atoms with Gasteiger partial charge >= 0.3 is 5.97 Å². The molecule has 22 heavy (non-hydrogen) atoms. The highest BCUT2D eigenvalue weighted by molar-refractivity contribution is 5.90. The van der Waals surface area contributed by atoms with Crippen molar-refractivity contribution >= 4 is 16.9 Å². The third-order valence-corrected chi connectivity index (χ3v) is 3.31. The molecule has 0 radical (unpaired) electrons. The van der Waals surface area contributed by atoms with Crippen LogP contribution in [0.25, 0.3) is 10.9 Å². The number of rotatable bonds is 3. The van der Waals surface area contributed by atoms with Crippen LogP contribution in [0.2, 0.25) is 0 Å². The molecule has 0 saturated carbocycles. The first kappa shape index (κ1) is 13.9. The molecule has 0 amide bonds. The van der Waals surface area contributed by atoms with Crippen LogP contribution in [0.1, 0.15) is 16.1 Å². The minimum Gasteiger partial charge on any atom is -0.476 e. The molecule has 1 N–H and O–H groups in total. The number of carbonyl (C=O) groups is 1. The quantitative estimate of drug-likeness (QED) is 0.805. The zero-order valence-electron chi connectivity index (χ0n) is 11.4. The second kappa shape index (κ2) is 5.40. The molecule has 110 valence electrons. The van der Waals surface area contributed by atoms with Crippen molar-refractivity contribution in [2.24, 2.45) is 0 Å². The minimum atomic E-state index is -1.37. The number of hydrogen-bond acceptors (Lipinski definition) is 3. The van der Waals surface area contributed by atoms with E-state index in [4.69, 9.17) is 5.11 Å². The molecule has 0 spiro atoms. The number of carboxylic acids is 1. The molecule has 0 saturated heterocycles. The Balaban J connectivity index is 2.19. The fraction of sp³-hybridized carbons (Fsp3) is 0.0625. The molecule has 5 nitrogen and oxygen atoms in total. The summed E-state index contributed by atoms with van der Waals surface area (Å²) < 4.78 is 14.4. The fourth-order valence-corrected chi connectivity index (χ4v) is 2.26. The summed E-state index contributed by atoms with van der Waals surface area (Å²) in [7, 11) is 0. The van der Waals surface area contributed by atoms with Gasteiger partial charge in [-0.2, -0.15) is 5.10 Å². The summed E-state index contributed by atoms with van der Waals surface area (Å²) in [5, 5.41) is 13.3. The first-order valence-corrected chi connectivity index (χ1v) is 6.54. The summed E-state index contributed by atoms with van der Waals surface area (Å²) >= 11 is 0. The zero-order chi connectivity index (χ0) is 15.7. The van der Waals surface area contributed by atoms with Crippen LogP contribution in [0.4, 0.5) is 4.39 Å². The van der Waals surface area contributed by atoms with Crippen LogP contribution in [0.15, 0.2) is 53.3 Å². The maximum Gasteiger partial charge on any atom is 0.360 e. The number of aromatic carboxylic acids is 1. The lowest BCUT2D eigenvalue weighted by Gasteiger charge is -2.11. The van der Waals surface area contributed by atoms with Gasteiger partial charge in [0.15, 0.2) is 0 Å². The SMILES string of the molecule is O=C(O)c1nn(Cc2ccc(F)cc2)c2ccccc2c1=O. The van der Waals surface area contributed by atoms with E-state index in [2.05, 4.69) is 5.10 Å². The van der Waals surface area contributed by atoms with Gasteiger partial charge < -0.3 is 5.11 Å². The Kier molecular flexibility index (Phi) is 3.42. The second-order valence-corrected chi connectivity index (χ2v) is 4.78. The number of hydrogen-bond donors (Lipinski definition) is 1. The highest BCUT2D eigenvalue weighted by Crippen LogP contribution is 2.12. The Hall–Kier alpha value is -3.02. The average molecular weight is 298 g/mol. The topological polar surface area (TPSA) is 72.2 Å². The van der Waals surface area contributed by atoms with Crippen LogP contribution in [-0.4, -0.2) is 20.9 Å². The molecule has 0 aliphatic heterocycles. The average Bonchev–Trinajstić information content (AvgIpc) is 2.52. The molecule has 0 bridgehead atoms. The smallest absolute Gasteiger partial charge is 0.360 e. The molecule has 0 atom stereocenters. The lowest BCUT2D eigenvalue weighted by Crippen LogP contribution is -2.23. The molecule has 3 rings (SSSR count). The summed E-state index contributed by atoms with van der Waals surface area (Å²) in [6.45, 7) is 0.237. The summed E-state index contributed by atoms with van der Waals surface area (Å²) in [5.41, 5.74) is 0.139. The number of halogens is 1. The molecule has 1 aromatic heterocycles. The highest BCUT2D eigenvalue weighted by atomic mass is 19.1. The Bertz CT molecular complexity index is 917. The van der Waals surface area contributed by atoms with Crippen LogP contribution >= 0.6 is 0 Å². The minimum absolute atomic E-state index is 0.237. The van der Waals surface area contributed by atoms with Crippen molar-refractivity contribution in [1.29, 1.82) is 0 Å². The van der Waals surface area contributed by atoms with Crippen LogP contribution in [-0.2, 0) is 6.54 Å². The first-order chi connectivity index (χ1) is 10.6. The van der Waals surface area contributed by atoms with Crippen molar-refractivity contribution in [3.63, 3.8) is 0 Å². The number of fused-ring (bicyclic) bond motifs is 1. The van der Waals surface area contributed by atoms with E-state index in [1.165, 1.54) is 16.8 Å². The van der Waals surface area contributed by atoms with Crippen LogP contribution in [0, 0.1) is 5.82 Å². The van der Waals surface area contributed by atoms with Gasteiger partial charge in [-0.1, -0.05) is 24.3 Å². The number of para-hydroxylation sites is 1. The number of carboxylic acid groups (broad SMARTS) is 1. The molecule has 0 aliphatic rings. The van der Waals surface area contributed by atoms with Crippen molar-refractivity contribution < 1.29 is 14.3 Å². The van der Waals surface area contributed by atoms with Crippen LogP contribution in [0.3, 0.4) is 0 Å². The van der Waals surface area contributed by atoms with Crippen LogP contribution in [0.5, 0.6) is 0 Å². The molecule has 6 heteroatoms. The van der Waals surface area contributed by atoms with Gasteiger partial charge in [-0.05, 0) is 29.8 Å². The first-order valence-electron chi connectivity index (χ1n) is 6.54. The molecule has 3 aromatic rings. The van der Waals surface area contributed by atoms with E-state index in [1.54, 1.807) is 36.4 Å². The van der Waals surface area contributed by atoms with Gasteiger partial charge in [-0.3, -0.25) is 9.48 Å². The summed E-state index contributed by atoms with van der Waals surface area (Å²) in [6, 6.07) is 12.5. The third-order valence-electron chi connectivity index (χ3n) is 3.31. The van der Waals surface area contributed by atoms with E-state index in [0.717, 1.165) is 5.56 Å². The Labute approximate surface area is 124 Å². The Morgan fingerprint density at radius 3 is 2.50 bits per heavy atom. The normalized spacial score (nSPS) is 10.8. The maximum atomic E-state index is 13.0. The lowest BCUT2D eigenvalue weighted by molar-refractivity contribution is 0.0686. The molecular formula is C16H11FN2O3. The van der Waals surface area contributed by atoms with Gasteiger partial charge in [0.05, 0.1) is 12.1 Å². The summed E-state index contributed by atoms with van der Waals surface area (Å²) in [6.07, 6.45) is 0. The predicted octanol–water partition coefficient (Wildman–Crippen LogP) is 2.28. The molecule has 0 fully saturated rings. The lowest BCUT2D eigenvalue weighted by atomic mass is 10.1. The van der Waals surface area contributed by atoms with Gasteiger partial charge in [0, 0.05) is 5.39 Å². The molecule has 2 aromatic carbocycles. The Morgan fingerprint density at radius 1 is 1.14 bits per heavy atom. The monoisotopic (exact) mass is 298 g/mol. The van der Waals surface area contributed by atoms with Crippen molar-refractivity contribution in [1.82, 2.24) is 9.78 Å². The second-order valence-electron chi connectivity index (χ2n) is 4.78. The zero-order valence-corrected chi connectivity index (χ0v) is 11.4. The van der Waals surface area contributed by atoms with Gasteiger partial charge in [-0.15, -0.1) is 0 Å². The number of nitrogens with zero attached hydrogens (tertiary/aromatic N) is 2. The molecule has 1 heterocycles. The van der Waals surface area contributed by atoms with Gasteiger partial charge in [0.2, 0.25) is 11.1 Å². The van der Waals surface area contributed by atoms with Gasteiger partial charge in [0.1, 0.15) is 5.82 Å². The van der Waals surface area contributed by atoms with Crippen molar-refractivity contribution in [2.45, 2.75) is 6.54 Å². The van der Waals surface area contributed by atoms with Gasteiger partial charge in [-0.25, -0.2) is 9.18 Å². The molecule has 0 aliphatic carbocycles. The number of aromatic nitrogens is 2. The number of benzene rings is 2. The summed E-state index contributed by atoms with van der Waals surface area (Å²) in [4.78, 5) is 23.3. The Morgan fingerprint density at radius 2 is 1.82 bits per heavy atom. The van der Waals surface area contributed by atoms with Crippen molar-refractivity contribution in [3.05, 3.63) is 75.8 Å². The van der Waals surface area contributed by atoms with E-state index in [-0.39, 0.29) is 17.7 Å². The standard InChI is InChI=1S/C16H11FN2O3/c17-11-7-5-10(6-8-11)9-19-13-4-2-1-3-12(13)15(20)14(18-19)16(21)22/h1-8H,9H2,(H,21,22). The largest absolute Gasteiger partial charge is 0.476 e. The van der Waals surface area contributed by atoms with E-state index >= 15 is 0 Å².